The van der Waals surface area contributed by atoms with E-state index in [0.29, 0.717) is 0 Å². The van der Waals surface area contributed by atoms with E-state index in [2.05, 4.69) is 10.6 Å². The first kappa shape index (κ1) is 14.2. The Hall–Kier alpha value is -1.24. The largest absolute Gasteiger partial charge is 0.350 e. The van der Waals surface area contributed by atoms with Gasteiger partial charge < -0.3 is 16.4 Å². The molecule has 0 radical (unpaired) electrons. The van der Waals surface area contributed by atoms with Crippen LogP contribution in [0.5, 0.6) is 0 Å². The lowest BCUT2D eigenvalue weighted by atomic mass is 10.1. The van der Waals surface area contributed by atoms with Gasteiger partial charge in [0.2, 0.25) is 5.91 Å². The van der Waals surface area contributed by atoms with E-state index < -0.39 is 30.0 Å². The minimum absolute atomic E-state index is 0.0175. The first-order valence-corrected chi connectivity index (χ1v) is 6.22. The van der Waals surface area contributed by atoms with E-state index in [9.17, 15) is 13.6 Å². The van der Waals surface area contributed by atoms with Crippen LogP contribution in [0.2, 0.25) is 5.02 Å². The predicted octanol–water partition coefficient (Wildman–Crippen LogP) is 0.733. The molecular weight excluding hydrogens is 276 g/mol. The van der Waals surface area contributed by atoms with Crippen LogP contribution >= 0.6 is 11.6 Å². The van der Waals surface area contributed by atoms with Gasteiger partial charge in [0.15, 0.2) is 0 Å². The SMILES string of the molecule is NC1CNC(C(=O)NCc2cccc(Cl)c2F)C1F. The molecule has 4 nitrogen and oxygen atoms in total. The van der Waals surface area contributed by atoms with Gasteiger partial charge in [-0.15, -0.1) is 0 Å². The molecule has 0 aliphatic carbocycles. The van der Waals surface area contributed by atoms with Crippen molar-refractivity contribution in [3.8, 4) is 0 Å². The van der Waals surface area contributed by atoms with Crippen LogP contribution in [0, 0.1) is 5.82 Å². The van der Waals surface area contributed by atoms with Crippen molar-refractivity contribution < 1.29 is 13.6 Å². The summed E-state index contributed by atoms with van der Waals surface area (Å²) in [5.74, 6) is -1.13. The van der Waals surface area contributed by atoms with Gasteiger partial charge in [0.1, 0.15) is 18.0 Å². The molecule has 1 fully saturated rings. The molecule has 3 unspecified atom stereocenters. The topological polar surface area (TPSA) is 67.1 Å². The fraction of sp³-hybridized carbons (Fsp3) is 0.417. The molecule has 3 atom stereocenters. The van der Waals surface area contributed by atoms with Gasteiger partial charge in [0.05, 0.1) is 11.1 Å². The normalized spacial score (nSPS) is 26.4. The Balaban J connectivity index is 1.95. The molecule has 4 N–H and O–H groups in total. The molecule has 104 valence electrons. The number of benzene rings is 1. The van der Waals surface area contributed by atoms with Crippen LogP contribution in [0.25, 0.3) is 0 Å². The van der Waals surface area contributed by atoms with Gasteiger partial charge in [-0.1, -0.05) is 23.7 Å². The van der Waals surface area contributed by atoms with E-state index in [1.54, 1.807) is 6.07 Å². The summed E-state index contributed by atoms with van der Waals surface area (Å²) in [4.78, 5) is 11.7. The zero-order valence-electron chi connectivity index (χ0n) is 10.00. The third kappa shape index (κ3) is 3.02. The van der Waals surface area contributed by atoms with Crippen molar-refractivity contribution in [2.45, 2.75) is 24.8 Å². The first-order valence-electron chi connectivity index (χ1n) is 5.84. The fourth-order valence-corrected chi connectivity index (χ4v) is 2.14. The van der Waals surface area contributed by atoms with Crippen LogP contribution in [-0.2, 0) is 11.3 Å². The third-order valence-electron chi connectivity index (χ3n) is 3.07. The van der Waals surface area contributed by atoms with E-state index in [0.717, 1.165) is 0 Å². The quantitative estimate of drug-likeness (QED) is 0.769. The molecule has 1 amide bonds. The van der Waals surface area contributed by atoms with Gasteiger partial charge in [-0.2, -0.15) is 0 Å². The Morgan fingerprint density at radius 2 is 2.32 bits per heavy atom. The molecule has 0 spiro atoms. The van der Waals surface area contributed by atoms with Crippen molar-refractivity contribution in [3.63, 3.8) is 0 Å². The zero-order valence-corrected chi connectivity index (χ0v) is 10.8. The van der Waals surface area contributed by atoms with Gasteiger partial charge in [-0.3, -0.25) is 4.79 Å². The lowest BCUT2D eigenvalue weighted by molar-refractivity contribution is -0.124. The number of nitrogens with two attached hydrogens (primary N) is 1. The molecule has 1 aliphatic heterocycles. The summed E-state index contributed by atoms with van der Waals surface area (Å²) in [5.41, 5.74) is 5.71. The summed E-state index contributed by atoms with van der Waals surface area (Å²) in [6.07, 6.45) is -1.44. The van der Waals surface area contributed by atoms with E-state index in [1.165, 1.54) is 12.1 Å². The second-order valence-electron chi connectivity index (χ2n) is 4.42. The Morgan fingerprint density at radius 1 is 1.58 bits per heavy atom. The highest BCUT2D eigenvalue weighted by atomic mass is 35.5. The molecular formula is C12H14ClF2N3O. The highest BCUT2D eigenvalue weighted by Gasteiger charge is 2.38. The molecule has 19 heavy (non-hydrogen) atoms. The summed E-state index contributed by atoms with van der Waals surface area (Å²) in [6, 6.07) is 2.81. The molecule has 1 heterocycles. The number of halogens is 3. The van der Waals surface area contributed by atoms with E-state index >= 15 is 0 Å². The molecule has 0 aromatic heterocycles. The number of amides is 1. The van der Waals surface area contributed by atoms with Crippen molar-refractivity contribution >= 4 is 17.5 Å². The second kappa shape index (κ2) is 5.81. The fourth-order valence-electron chi connectivity index (χ4n) is 1.95. The molecule has 7 heteroatoms. The molecule has 1 saturated heterocycles. The van der Waals surface area contributed by atoms with Gasteiger partial charge in [-0.25, -0.2) is 8.78 Å². The average molecular weight is 290 g/mol. The number of carbonyl (C=O) groups excluding carboxylic acids is 1. The highest BCUT2D eigenvalue weighted by molar-refractivity contribution is 6.30. The number of hydrogen-bond acceptors (Lipinski definition) is 3. The molecule has 1 aliphatic rings. The minimum atomic E-state index is -1.44. The number of hydrogen-bond donors (Lipinski definition) is 3. The number of nitrogens with one attached hydrogen (secondary N) is 2. The summed E-state index contributed by atoms with van der Waals surface area (Å²) < 4.78 is 27.1. The first-order chi connectivity index (χ1) is 9.00. The molecule has 0 saturated carbocycles. The average Bonchev–Trinajstić information content (AvgIpc) is 2.72. The number of rotatable bonds is 3. The van der Waals surface area contributed by atoms with Crippen LogP contribution < -0.4 is 16.4 Å². The maximum atomic E-state index is 13.6. The van der Waals surface area contributed by atoms with Gasteiger partial charge in [0.25, 0.3) is 0 Å². The van der Waals surface area contributed by atoms with Gasteiger partial charge in [0, 0.05) is 18.7 Å². The van der Waals surface area contributed by atoms with Crippen molar-refractivity contribution in [1.29, 1.82) is 0 Å². The molecule has 2 rings (SSSR count). The lowest BCUT2D eigenvalue weighted by Crippen LogP contribution is -2.45. The van der Waals surface area contributed by atoms with Crippen LogP contribution in [0.4, 0.5) is 8.78 Å². The number of alkyl halides is 1. The Morgan fingerprint density at radius 3 is 2.95 bits per heavy atom. The van der Waals surface area contributed by atoms with Crippen LogP contribution in [0.1, 0.15) is 5.56 Å². The zero-order chi connectivity index (χ0) is 14.0. The Kier molecular flexibility index (Phi) is 4.34. The molecule has 1 aromatic rings. The van der Waals surface area contributed by atoms with Crippen molar-refractivity contribution in [3.05, 3.63) is 34.6 Å². The summed E-state index contributed by atoms with van der Waals surface area (Å²) in [5, 5.41) is 5.13. The Bertz CT molecular complexity index is 486. The van der Waals surface area contributed by atoms with Crippen LogP contribution in [-0.4, -0.2) is 30.7 Å². The predicted molar refractivity (Wildman–Crippen MR) is 67.9 cm³/mol. The van der Waals surface area contributed by atoms with E-state index in [1.807, 2.05) is 0 Å². The van der Waals surface area contributed by atoms with Crippen LogP contribution in [0.3, 0.4) is 0 Å². The van der Waals surface area contributed by atoms with E-state index in [-0.39, 0.29) is 23.7 Å². The third-order valence-corrected chi connectivity index (χ3v) is 3.36. The lowest BCUT2D eigenvalue weighted by Gasteiger charge is -2.14. The van der Waals surface area contributed by atoms with Crippen molar-refractivity contribution in [2.24, 2.45) is 5.73 Å². The van der Waals surface area contributed by atoms with Crippen molar-refractivity contribution in [1.82, 2.24) is 10.6 Å². The van der Waals surface area contributed by atoms with Crippen LogP contribution in [0.15, 0.2) is 18.2 Å². The maximum Gasteiger partial charge on any atom is 0.240 e. The summed E-state index contributed by atoms with van der Waals surface area (Å²) in [6.45, 7) is 0.191. The second-order valence-corrected chi connectivity index (χ2v) is 4.83. The van der Waals surface area contributed by atoms with E-state index in [4.69, 9.17) is 17.3 Å². The number of carbonyl (C=O) groups is 1. The molecule has 1 aromatic carbocycles. The standard InChI is InChI=1S/C12H14ClF2N3O/c13-7-3-1-2-6(9(7)14)4-18-12(19)11-10(15)8(16)5-17-11/h1-3,8,10-11,17H,4-5,16H2,(H,18,19). The smallest absolute Gasteiger partial charge is 0.240 e. The van der Waals surface area contributed by atoms with Gasteiger partial charge in [-0.05, 0) is 6.07 Å². The monoisotopic (exact) mass is 289 g/mol. The molecule has 0 bridgehead atoms. The minimum Gasteiger partial charge on any atom is -0.350 e. The highest BCUT2D eigenvalue weighted by Crippen LogP contribution is 2.18. The summed E-state index contributed by atoms with van der Waals surface area (Å²) >= 11 is 5.62. The maximum absolute atomic E-state index is 13.6. The Labute approximate surface area is 114 Å². The van der Waals surface area contributed by atoms with Crippen molar-refractivity contribution in [2.75, 3.05) is 6.54 Å². The van der Waals surface area contributed by atoms with Gasteiger partial charge >= 0.3 is 0 Å². The summed E-state index contributed by atoms with van der Waals surface area (Å²) in [7, 11) is 0.